The van der Waals surface area contributed by atoms with E-state index in [1.165, 1.54) is 0 Å². The molecule has 1 fully saturated rings. The van der Waals surface area contributed by atoms with Crippen molar-refractivity contribution in [3.05, 3.63) is 18.0 Å². The summed E-state index contributed by atoms with van der Waals surface area (Å²) in [5.41, 5.74) is 6.26. The second-order valence-corrected chi connectivity index (χ2v) is 5.84. The van der Waals surface area contributed by atoms with Gasteiger partial charge in [-0.15, -0.1) is 0 Å². The Kier molecular flexibility index (Phi) is 5.80. The summed E-state index contributed by atoms with van der Waals surface area (Å²) in [6.07, 6.45) is 6.20. The highest BCUT2D eigenvalue weighted by Crippen LogP contribution is 2.25. The van der Waals surface area contributed by atoms with Gasteiger partial charge in [0, 0.05) is 30.9 Å². The summed E-state index contributed by atoms with van der Waals surface area (Å²) in [5, 5.41) is 9.55. The highest BCUT2D eigenvalue weighted by Gasteiger charge is 2.30. The Bertz CT molecular complexity index is 488. The zero-order valence-electron chi connectivity index (χ0n) is 13.0. The smallest absolute Gasteiger partial charge is 0.312 e. The van der Waals surface area contributed by atoms with E-state index in [1.807, 2.05) is 11.0 Å². The topological polar surface area (TPSA) is 104 Å². The van der Waals surface area contributed by atoms with Crippen molar-refractivity contribution < 1.29 is 9.59 Å². The zero-order chi connectivity index (χ0) is 15.9. The number of H-pyrrole nitrogens is 1. The van der Waals surface area contributed by atoms with Gasteiger partial charge in [-0.3, -0.25) is 9.89 Å². The average Bonchev–Trinajstić information content (AvgIpc) is 3.05. The van der Waals surface area contributed by atoms with Gasteiger partial charge >= 0.3 is 6.03 Å². The number of aromatic nitrogens is 2. The van der Waals surface area contributed by atoms with Crippen molar-refractivity contribution in [3.63, 3.8) is 0 Å². The number of aromatic amines is 1. The van der Waals surface area contributed by atoms with E-state index in [0.29, 0.717) is 13.0 Å². The number of unbranched alkanes of at least 4 members (excludes halogenated alkanes) is 1. The number of carbonyl (C=O) groups excluding carboxylic acids is 2. The van der Waals surface area contributed by atoms with E-state index < -0.39 is 12.1 Å². The molecule has 22 heavy (non-hydrogen) atoms. The lowest BCUT2D eigenvalue weighted by Gasteiger charge is -2.34. The van der Waals surface area contributed by atoms with E-state index in [4.69, 9.17) is 5.73 Å². The maximum absolute atomic E-state index is 12.7. The Balaban J connectivity index is 2.00. The fourth-order valence-corrected chi connectivity index (χ4v) is 2.98. The maximum atomic E-state index is 12.7. The van der Waals surface area contributed by atoms with Crippen molar-refractivity contribution in [2.75, 3.05) is 13.1 Å². The van der Waals surface area contributed by atoms with Crippen molar-refractivity contribution in [2.45, 2.75) is 51.0 Å². The van der Waals surface area contributed by atoms with Crippen molar-refractivity contribution in [3.8, 4) is 0 Å². The van der Waals surface area contributed by atoms with Crippen molar-refractivity contribution in [2.24, 2.45) is 5.73 Å². The van der Waals surface area contributed by atoms with Gasteiger partial charge in [-0.05, 0) is 25.3 Å². The third-order valence-electron chi connectivity index (χ3n) is 4.16. The van der Waals surface area contributed by atoms with Crippen molar-refractivity contribution in [1.82, 2.24) is 20.4 Å². The van der Waals surface area contributed by atoms with E-state index in [-0.39, 0.29) is 11.8 Å². The van der Waals surface area contributed by atoms with Gasteiger partial charge in [-0.1, -0.05) is 19.8 Å². The fourth-order valence-electron chi connectivity index (χ4n) is 2.98. The molecule has 1 aromatic heterocycles. The minimum Gasteiger partial charge on any atom is -0.352 e. The number of nitrogens with two attached hydrogens (primary N) is 1. The average molecular weight is 307 g/mol. The van der Waals surface area contributed by atoms with Gasteiger partial charge in [0.2, 0.25) is 5.91 Å². The lowest BCUT2D eigenvalue weighted by Crippen LogP contribution is -2.52. The van der Waals surface area contributed by atoms with Gasteiger partial charge in [-0.25, -0.2) is 4.79 Å². The van der Waals surface area contributed by atoms with Gasteiger partial charge in [0.25, 0.3) is 0 Å². The number of amides is 3. The number of carbonyl (C=O) groups is 2. The largest absolute Gasteiger partial charge is 0.352 e. The maximum Gasteiger partial charge on any atom is 0.312 e. The third kappa shape index (κ3) is 4.22. The molecule has 0 aliphatic carbocycles. The Morgan fingerprint density at radius 1 is 1.59 bits per heavy atom. The van der Waals surface area contributed by atoms with Crippen LogP contribution in [-0.4, -0.2) is 46.2 Å². The molecule has 2 rings (SSSR count). The first-order valence-electron chi connectivity index (χ1n) is 7.95. The van der Waals surface area contributed by atoms with Crippen LogP contribution in [0.3, 0.4) is 0 Å². The molecule has 0 saturated carbocycles. The van der Waals surface area contributed by atoms with E-state index in [1.54, 1.807) is 6.20 Å². The summed E-state index contributed by atoms with van der Waals surface area (Å²) >= 11 is 0. The van der Waals surface area contributed by atoms with Gasteiger partial charge < -0.3 is 16.0 Å². The summed E-state index contributed by atoms with van der Waals surface area (Å²) in [6.45, 7) is 3.44. The van der Waals surface area contributed by atoms with Crippen LogP contribution >= 0.6 is 0 Å². The first kappa shape index (κ1) is 16.3. The third-order valence-corrected chi connectivity index (χ3v) is 4.16. The van der Waals surface area contributed by atoms with Gasteiger partial charge in [0.15, 0.2) is 0 Å². The molecular formula is C15H25N5O2. The number of likely N-dealkylation sites (tertiary alicyclic amines) is 1. The van der Waals surface area contributed by atoms with E-state index >= 15 is 0 Å². The second-order valence-electron chi connectivity index (χ2n) is 5.84. The van der Waals surface area contributed by atoms with E-state index in [9.17, 15) is 9.59 Å². The lowest BCUT2D eigenvalue weighted by atomic mass is 9.94. The molecular weight excluding hydrogens is 282 g/mol. The Labute approximate surface area is 130 Å². The van der Waals surface area contributed by atoms with Crippen LogP contribution in [0.2, 0.25) is 0 Å². The number of hydrogen-bond donors (Lipinski definition) is 3. The summed E-state index contributed by atoms with van der Waals surface area (Å²) in [6, 6.07) is 0.795. The molecule has 0 spiro atoms. The van der Waals surface area contributed by atoms with Gasteiger partial charge in [0.1, 0.15) is 6.04 Å². The van der Waals surface area contributed by atoms with Crippen LogP contribution in [0.1, 0.15) is 50.6 Å². The number of primary amides is 1. The quantitative estimate of drug-likeness (QED) is 0.738. The highest BCUT2D eigenvalue weighted by molar-refractivity contribution is 5.86. The Morgan fingerprint density at radius 3 is 3.05 bits per heavy atom. The first-order chi connectivity index (χ1) is 10.6. The highest BCUT2D eigenvalue weighted by atomic mass is 16.2. The number of nitrogens with one attached hydrogen (secondary N) is 2. The number of urea groups is 1. The summed E-state index contributed by atoms with van der Waals surface area (Å²) in [5.74, 6) is 0.247. The second kappa shape index (κ2) is 7.82. The molecule has 0 bridgehead atoms. The SMILES string of the molecule is CCCCC(NC(N)=O)C(=O)N1CCCC(c2ccn[nH]2)C1. The fraction of sp³-hybridized carbons (Fsp3) is 0.667. The van der Waals surface area contributed by atoms with E-state index in [0.717, 1.165) is 37.9 Å². The molecule has 7 heteroatoms. The van der Waals surface area contributed by atoms with Gasteiger partial charge in [-0.2, -0.15) is 5.10 Å². The monoisotopic (exact) mass is 307 g/mol. The molecule has 1 aliphatic heterocycles. The Morgan fingerprint density at radius 2 is 2.41 bits per heavy atom. The van der Waals surface area contributed by atoms with Crippen LogP contribution in [0.15, 0.2) is 12.3 Å². The standard InChI is InChI=1S/C15H25N5O2/c1-2-3-6-13(18-15(16)22)14(21)20-9-4-5-11(10-20)12-7-8-17-19-12/h7-8,11,13H,2-6,9-10H2,1H3,(H,17,19)(H3,16,18,22). The molecule has 3 amide bonds. The van der Waals surface area contributed by atoms with Crippen LogP contribution in [0.5, 0.6) is 0 Å². The van der Waals surface area contributed by atoms with Crippen molar-refractivity contribution >= 4 is 11.9 Å². The molecule has 2 heterocycles. The number of hydrogen-bond acceptors (Lipinski definition) is 3. The summed E-state index contributed by atoms with van der Waals surface area (Å²) < 4.78 is 0. The van der Waals surface area contributed by atoms with Crippen LogP contribution in [-0.2, 0) is 4.79 Å². The molecule has 122 valence electrons. The van der Waals surface area contributed by atoms with Crippen LogP contribution < -0.4 is 11.1 Å². The molecule has 1 aromatic rings. The number of piperidine rings is 1. The summed E-state index contributed by atoms with van der Waals surface area (Å²) in [7, 11) is 0. The molecule has 2 atom stereocenters. The van der Waals surface area contributed by atoms with Crippen LogP contribution in [0.4, 0.5) is 4.79 Å². The zero-order valence-corrected chi connectivity index (χ0v) is 13.0. The Hall–Kier alpha value is -2.05. The molecule has 2 unspecified atom stereocenters. The van der Waals surface area contributed by atoms with Crippen molar-refractivity contribution in [1.29, 1.82) is 0 Å². The molecule has 4 N–H and O–H groups in total. The molecule has 0 aromatic carbocycles. The van der Waals surface area contributed by atoms with Crippen LogP contribution in [0.25, 0.3) is 0 Å². The summed E-state index contributed by atoms with van der Waals surface area (Å²) in [4.78, 5) is 25.7. The molecule has 1 aliphatic rings. The van der Waals surface area contributed by atoms with Crippen LogP contribution in [0, 0.1) is 0 Å². The predicted octanol–water partition coefficient (Wildman–Crippen LogP) is 1.34. The number of rotatable bonds is 6. The number of nitrogens with zero attached hydrogens (tertiary/aromatic N) is 2. The lowest BCUT2D eigenvalue weighted by molar-refractivity contribution is -0.134. The predicted molar refractivity (Wildman–Crippen MR) is 83.2 cm³/mol. The normalized spacial score (nSPS) is 19.7. The van der Waals surface area contributed by atoms with Gasteiger partial charge in [0.05, 0.1) is 0 Å². The first-order valence-corrected chi connectivity index (χ1v) is 7.95. The minimum absolute atomic E-state index is 0.0311. The molecule has 7 nitrogen and oxygen atoms in total. The molecule has 0 radical (unpaired) electrons. The molecule has 1 saturated heterocycles. The van der Waals surface area contributed by atoms with E-state index in [2.05, 4.69) is 22.4 Å². The minimum atomic E-state index is -0.642.